The lowest BCUT2D eigenvalue weighted by Gasteiger charge is -2.09. The van der Waals surface area contributed by atoms with E-state index in [4.69, 9.17) is 0 Å². The Morgan fingerprint density at radius 2 is 1.88 bits per heavy atom. The monoisotopic (exact) mass is 342 g/mol. The molecule has 2 rings (SSSR count). The maximum absolute atomic E-state index is 12.1. The predicted octanol–water partition coefficient (Wildman–Crippen LogP) is 2.78. The van der Waals surface area contributed by atoms with Crippen molar-refractivity contribution in [3.05, 3.63) is 47.8 Å². The van der Waals surface area contributed by atoms with Crippen LogP contribution >= 0.6 is 0 Å². The third kappa shape index (κ3) is 5.56. The molecule has 1 aromatic heterocycles. The molecule has 1 heterocycles. The fraction of sp³-hybridized carbons (Fsp3) is 0.333. The zero-order valence-electron chi connectivity index (χ0n) is 14.6. The standard InChI is InChI=1S/C18H22N4O3/c1-12(2)8-10-19-16(23)15-9-11-20-18(22-15)21-14-6-4-13(5-7-14)17(24)25-3/h4-7,9,11-12H,8,10H2,1-3H3,(H,19,23)(H,20,21,22). The Bertz CT molecular complexity index is 729. The second kappa shape index (κ2) is 8.77. The number of rotatable bonds is 7. The number of methoxy groups -OCH3 is 1. The van der Waals surface area contributed by atoms with E-state index >= 15 is 0 Å². The Balaban J connectivity index is 2.01. The highest BCUT2D eigenvalue weighted by Crippen LogP contribution is 2.14. The maximum atomic E-state index is 12.1. The van der Waals surface area contributed by atoms with Gasteiger partial charge in [-0.3, -0.25) is 4.79 Å². The molecule has 0 aliphatic heterocycles. The Labute approximate surface area is 146 Å². The largest absolute Gasteiger partial charge is 0.465 e. The first-order valence-corrected chi connectivity index (χ1v) is 8.06. The van der Waals surface area contributed by atoms with Crippen molar-refractivity contribution in [3.8, 4) is 0 Å². The Morgan fingerprint density at radius 1 is 1.16 bits per heavy atom. The van der Waals surface area contributed by atoms with Crippen molar-refractivity contribution < 1.29 is 14.3 Å². The number of benzene rings is 1. The Kier molecular flexibility index (Phi) is 6.45. The predicted molar refractivity (Wildman–Crippen MR) is 94.9 cm³/mol. The molecule has 0 radical (unpaired) electrons. The summed E-state index contributed by atoms with van der Waals surface area (Å²) in [7, 11) is 1.33. The van der Waals surface area contributed by atoms with Crippen LogP contribution in [-0.4, -0.2) is 35.5 Å². The maximum Gasteiger partial charge on any atom is 0.337 e. The van der Waals surface area contributed by atoms with Crippen LogP contribution in [0.25, 0.3) is 0 Å². The van der Waals surface area contributed by atoms with E-state index in [1.165, 1.54) is 13.3 Å². The smallest absolute Gasteiger partial charge is 0.337 e. The second-order valence-corrected chi connectivity index (χ2v) is 5.90. The van der Waals surface area contributed by atoms with Crippen molar-refractivity contribution in [1.29, 1.82) is 0 Å². The molecule has 0 atom stereocenters. The third-order valence-electron chi connectivity index (χ3n) is 3.46. The van der Waals surface area contributed by atoms with Gasteiger partial charge in [0.2, 0.25) is 5.95 Å². The average Bonchev–Trinajstić information content (AvgIpc) is 2.61. The number of ether oxygens (including phenoxy) is 1. The van der Waals surface area contributed by atoms with E-state index in [-0.39, 0.29) is 5.91 Å². The SMILES string of the molecule is COC(=O)c1ccc(Nc2nccc(C(=O)NCCC(C)C)n2)cc1. The van der Waals surface area contributed by atoms with E-state index in [1.807, 2.05) is 0 Å². The minimum absolute atomic E-state index is 0.230. The van der Waals surface area contributed by atoms with Gasteiger partial charge in [-0.2, -0.15) is 0 Å². The van der Waals surface area contributed by atoms with Gasteiger partial charge in [0.15, 0.2) is 0 Å². The lowest BCUT2D eigenvalue weighted by molar-refractivity contribution is 0.0600. The highest BCUT2D eigenvalue weighted by atomic mass is 16.5. The van der Waals surface area contributed by atoms with Crippen molar-refractivity contribution in [1.82, 2.24) is 15.3 Å². The molecule has 0 aliphatic carbocycles. The van der Waals surface area contributed by atoms with Crippen LogP contribution < -0.4 is 10.6 Å². The van der Waals surface area contributed by atoms with E-state index in [0.29, 0.717) is 35.4 Å². The molecule has 7 heteroatoms. The third-order valence-corrected chi connectivity index (χ3v) is 3.46. The Morgan fingerprint density at radius 3 is 2.52 bits per heavy atom. The molecule has 7 nitrogen and oxygen atoms in total. The second-order valence-electron chi connectivity index (χ2n) is 5.90. The number of hydrogen-bond acceptors (Lipinski definition) is 6. The normalized spacial score (nSPS) is 10.4. The van der Waals surface area contributed by atoms with Crippen molar-refractivity contribution >= 4 is 23.5 Å². The number of anilines is 2. The lowest BCUT2D eigenvalue weighted by atomic mass is 10.1. The minimum Gasteiger partial charge on any atom is -0.465 e. The fourth-order valence-corrected chi connectivity index (χ4v) is 2.05. The van der Waals surface area contributed by atoms with Gasteiger partial charge in [-0.1, -0.05) is 13.8 Å². The van der Waals surface area contributed by atoms with Crippen LogP contribution in [-0.2, 0) is 4.74 Å². The van der Waals surface area contributed by atoms with Crippen LogP contribution in [0.4, 0.5) is 11.6 Å². The van der Waals surface area contributed by atoms with E-state index < -0.39 is 5.97 Å². The molecular weight excluding hydrogens is 320 g/mol. The molecule has 0 unspecified atom stereocenters. The van der Waals surface area contributed by atoms with Crippen molar-refractivity contribution in [2.75, 3.05) is 19.0 Å². The van der Waals surface area contributed by atoms with Gasteiger partial charge in [0.05, 0.1) is 12.7 Å². The molecule has 0 bridgehead atoms. The van der Waals surface area contributed by atoms with Crippen LogP contribution in [0.1, 0.15) is 41.1 Å². The van der Waals surface area contributed by atoms with Crippen LogP contribution in [0.15, 0.2) is 36.5 Å². The first kappa shape index (κ1) is 18.4. The molecule has 0 fully saturated rings. The van der Waals surface area contributed by atoms with E-state index in [2.05, 4.69) is 39.2 Å². The van der Waals surface area contributed by atoms with Gasteiger partial charge in [0.1, 0.15) is 5.69 Å². The molecule has 132 valence electrons. The molecule has 1 amide bonds. The summed E-state index contributed by atoms with van der Waals surface area (Å²) in [4.78, 5) is 31.8. The molecule has 1 aromatic carbocycles. The van der Waals surface area contributed by atoms with Crippen LogP contribution in [0.2, 0.25) is 0 Å². The van der Waals surface area contributed by atoms with Crippen LogP contribution in [0, 0.1) is 5.92 Å². The summed E-state index contributed by atoms with van der Waals surface area (Å²) in [5, 5.41) is 5.84. The zero-order valence-corrected chi connectivity index (χ0v) is 14.6. The number of carbonyl (C=O) groups excluding carboxylic acids is 2. The highest BCUT2D eigenvalue weighted by Gasteiger charge is 2.09. The number of aromatic nitrogens is 2. The molecule has 2 N–H and O–H groups in total. The molecule has 2 aromatic rings. The van der Waals surface area contributed by atoms with Gasteiger partial charge < -0.3 is 15.4 Å². The van der Waals surface area contributed by atoms with Gasteiger partial charge in [0.25, 0.3) is 5.91 Å². The molecule has 0 spiro atoms. The molecule has 0 saturated heterocycles. The zero-order chi connectivity index (χ0) is 18.2. The van der Waals surface area contributed by atoms with Crippen LogP contribution in [0.5, 0.6) is 0 Å². The summed E-state index contributed by atoms with van der Waals surface area (Å²) < 4.78 is 4.65. The Hall–Kier alpha value is -2.96. The molecule has 0 aliphatic rings. The highest BCUT2D eigenvalue weighted by molar-refractivity contribution is 5.92. The summed E-state index contributed by atoms with van der Waals surface area (Å²) in [6.07, 6.45) is 2.43. The number of carbonyl (C=O) groups is 2. The topological polar surface area (TPSA) is 93.2 Å². The first-order chi connectivity index (χ1) is 12.0. The van der Waals surface area contributed by atoms with Gasteiger partial charge in [-0.05, 0) is 42.7 Å². The summed E-state index contributed by atoms with van der Waals surface area (Å²) >= 11 is 0. The number of nitrogens with one attached hydrogen (secondary N) is 2. The van der Waals surface area contributed by atoms with E-state index in [0.717, 1.165) is 6.42 Å². The number of hydrogen-bond donors (Lipinski definition) is 2. The fourth-order valence-electron chi connectivity index (χ4n) is 2.05. The average molecular weight is 342 g/mol. The van der Waals surface area contributed by atoms with Gasteiger partial charge in [0, 0.05) is 18.4 Å². The molecule has 25 heavy (non-hydrogen) atoms. The van der Waals surface area contributed by atoms with Crippen LogP contribution in [0.3, 0.4) is 0 Å². The number of amides is 1. The lowest BCUT2D eigenvalue weighted by Crippen LogP contribution is -2.26. The summed E-state index contributed by atoms with van der Waals surface area (Å²) in [5.41, 5.74) is 1.45. The van der Waals surface area contributed by atoms with Crippen molar-refractivity contribution in [3.63, 3.8) is 0 Å². The van der Waals surface area contributed by atoms with E-state index in [1.54, 1.807) is 30.3 Å². The minimum atomic E-state index is -0.400. The number of esters is 1. The van der Waals surface area contributed by atoms with Crippen molar-refractivity contribution in [2.24, 2.45) is 5.92 Å². The number of nitrogens with zero attached hydrogens (tertiary/aromatic N) is 2. The molecular formula is C18H22N4O3. The summed E-state index contributed by atoms with van der Waals surface area (Å²) in [5.74, 6) is 0.202. The first-order valence-electron chi connectivity index (χ1n) is 8.06. The van der Waals surface area contributed by atoms with Crippen molar-refractivity contribution in [2.45, 2.75) is 20.3 Å². The molecule has 0 saturated carbocycles. The van der Waals surface area contributed by atoms with E-state index in [9.17, 15) is 9.59 Å². The van der Waals surface area contributed by atoms with Gasteiger partial charge in [-0.25, -0.2) is 14.8 Å². The van der Waals surface area contributed by atoms with Gasteiger partial charge >= 0.3 is 5.97 Å². The van der Waals surface area contributed by atoms with Gasteiger partial charge in [-0.15, -0.1) is 0 Å². The quantitative estimate of drug-likeness (QED) is 0.752. The summed E-state index contributed by atoms with van der Waals surface area (Å²) in [6.45, 7) is 4.81. The summed E-state index contributed by atoms with van der Waals surface area (Å²) in [6, 6.07) is 8.26.